The summed E-state index contributed by atoms with van der Waals surface area (Å²) in [7, 11) is 0. The van der Waals surface area contributed by atoms with Crippen molar-refractivity contribution in [3.63, 3.8) is 0 Å². The van der Waals surface area contributed by atoms with Crippen molar-refractivity contribution in [1.82, 2.24) is 10.3 Å². The summed E-state index contributed by atoms with van der Waals surface area (Å²) in [4.78, 5) is 29.2. The van der Waals surface area contributed by atoms with Crippen molar-refractivity contribution in [2.75, 3.05) is 10.6 Å². The first-order valence-electron chi connectivity index (χ1n) is 9.86. The van der Waals surface area contributed by atoms with Crippen LogP contribution < -0.4 is 16.0 Å². The van der Waals surface area contributed by atoms with Gasteiger partial charge in [-0.05, 0) is 49.2 Å². The molecule has 0 spiro atoms. The second-order valence-electron chi connectivity index (χ2n) is 7.27. The minimum absolute atomic E-state index is 0.203. The quantitative estimate of drug-likeness (QED) is 0.392. The van der Waals surface area contributed by atoms with Crippen molar-refractivity contribution >= 4 is 44.3 Å². The molecule has 7 heteroatoms. The molecule has 3 amide bonds. The maximum atomic E-state index is 12.4. The zero-order valence-corrected chi connectivity index (χ0v) is 18.0. The Balaban J connectivity index is 1.43. The minimum Gasteiger partial charge on any atom is -0.334 e. The molecule has 0 radical (unpaired) electrons. The largest absolute Gasteiger partial charge is 0.334 e. The first-order valence-corrected chi connectivity index (χ1v) is 10.7. The van der Waals surface area contributed by atoms with Gasteiger partial charge in [0.15, 0.2) is 5.13 Å². The van der Waals surface area contributed by atoms with Gasteiger partial charge in [0.2, 0.25) is 0 Å². The number of nitrogens with one attached hydrogen (secondary N) is 3. The Labute approximate surface area is 184 Å². The van der Waals surface area contributed by atoms with Crippen LogP contribution in [-0.4, -0.2) is 16.9 Å². The van der Waals surface area contributed by atoms with Gasteiger partial charge in [0, 0.05) is 17.8 Å². The molecule has 0 aliphatic rings. The number of hydrogen-bond donors (Lipinski definition) is 3. The molecule has 156 valence electrons. The smallest absolute Gasteiger partial charge is 0.319 e. The maximum Gasteiger partial charge on any atom is 0.319 e. The average molecular weight is 431 g/mol. The lowest BCUT2D eigenvalue weighted by Crippen LogP contribution is -2.28. The summed E-state index contributed by atoms with van der Waals surface area (Å²) in [6.45, 7) is 4.41. The molecule has 0 unspecified atom stereocenters. The third-order valence-corrected chi connectivity index (χ3v) is 5.69. The Morgan fingerprint density at radius 2 is 1.68 bits per heavy atom. The van der Waals surface area contributed by atoms with Crippen LogP contribution in [0.15, 0.2) is 66.7 Å². The molecule has 3 N–H and O–H groups in total. The van der Waals surface area contributed by atoms with Gasteiger partial charge in [0.1, 0.15) is 0 Å². The fraction of sp³-hybridized carbons (Fsp3) is 0.125. The number of hydrogen-bond acceptors (Lipinski definition) is 4. The van der Waals surface area contributed by atoms with Crippen LogP contribution in [0.5, 0.6) is 0 Å². The van der Waals surface area contributed by atoms with E-state index in [9.17, 15) is 9.59 Å². The molecule has 0 atom stereocenters. The van der Waals surface area contributed by atoms with Gasteiger partial charge >= 0.3 is 6.03 Å². The van der Waals surface area contributed by atoms with Crippen LogP contribution in [-0.2, 0) is 6.54 Å². The lowest BCUT2D eigenvalue weighted by Gasteiger charge is -2.09. The first-order chi connectivity index (χ1) is 15.0. The Bertz CT molecular complexity index is 1230. The van der Waals surface area contributed by atoms with E-state index < -0.39 is 0 Å². The fourth-order valence-corrected chi connectivity index (χ4v) is 4.12. The molecular weight excluding hydrogens is 408 g/mol. The second-order valence-corrected chi connectivity index (χ2v) is 8.30. The van der Waals surface area contributed by atoms with Crippen molar-refractivity contribution < 1.29 is 9.59 Å². The number of amides is 3. The second kappa shape index (κ2) is 8.97. The lowest BCUT2D eigenvalue weighted by atomic mass is 10.1. The zero-order valence-electron chi connectivity index (χ0n) is 17.2. The van der Waals surface area contributed by atoms with Gasteiger partial charge in [-0.1, -0.05) is 59.4 Å². The fourth-order valence-electron chi connectivity index (χ4n) is 3.14. The standard InChI is InChI=1S/C24H22N4O2S/c1-15-8-10-17(11-9-15)14-25-23(30)26-19-12-16(2)21-20(13-19)31-24(27-21)28-22(29)18-6-4-3-5-7-18/h3-13H,14H2,1-2H3,(H2,25,26,30)(H,27,28,29). The highest BCUT2D eigenvalue weighted by molar-refractivity contribution is 7.22. The predicted octanol–water partition coefficient (Wildman–Crippen LogP) is 5.49. The third kappa shape index (κ3) is 5.07. The van der Waals surface area contributed by atoms with Gasteiger partial charge < -0.3 is 10.6 Å². The normalized spacial score (nSPS) is 10.6. The van der Waals surface area contributed by atoms with E-state index in [2.05, 4.69) is 20.9 Å². The topological polar surface area (TPSA) is 83.1 Å². The number of nitrogens with zero attached hydrogens (tertiary/aromatic N) is 1. The van der Waals surface area contributed by atoms with Crippen molar-refractivity contribution in [3.8, 4) is 0 Å². The van der Waals surface area contributed by atoms with E-state index in [-0.39, 0.29) is 11.9 Å². The zero-order chi connectivity index (χ0) is 21.8. The van der Waals surface area contributed by atoms with E-state index in [1.807, 2.05) is 68.4 Å². The number of rotatable bonds is 5. The van der Waals surface area contributed by atoms with E-state index in [1.54, 1.807) is 12.1 Å². The number of aromatic nitrogens is 1. The van der Waals surface area contributed by atoms with Crippen molar-refractivity contribution in [2.24, 2.45) is 0 Å². The van der Waals surface area contributed by atoms with Crippen LogP contribution in [0.25, 0.3) is 10.2 Å². The molecule has 1 heterocycles. The molecule has 0 bridgehead atoms. The Morgan fingerprint density at radius 1 is 0.935 bits per heavy atom. The van der Waals surface area contributed by atoms with Crippen LogP contribution in [0.1, 0.15) is 27.0 Å². The van der Waals surface area contributed by atoms with E-state index >= 15 is 0 Å². The highest BCUT2D eigenvalue weighted by atomic mass is 32.1. The molecule has 6 nitrogen and oxygen atoms in total. The molecule has 1 aromatic heterocycles. The molecule has 0 aliphatic carbocycles. The molecule has 4 rings (SSSR count). The van der Waals surface area contributed by atoms with Crippen molar-refractivity contribution in [3.05, 3.63) is 89.0 Å². The highest BCUT2D eigenvalue weighted by Crippen LogP contribution is 2.31. The molecule has 0 fully saturated rings. The highest BCUT2D eigenvalue weighted by Gasteiger charge is 2.13. The number of benzene rings is 3. The Morgan fingerprint density at radius 3 is 2.42 bits per heavy atom. The number of fused-ring (bicyclic) bond motifs is 1. The predicted molar refractivity (Wildman–Crippen MR) is 126 cm³/mol. The van der Waals surface area contributed by atoms with Gasteiger partial charge in [-0.15, -0.1) is 0 Å². The van der Waals surface area contributed by atoms with E-state index in [0.29, 0.717) is 22.9 Å². The molecule has 0 saturated heterocycles. The number of aryl methyl sites for hydroxylation is 2. The Kier molecular flexibility index (Phi) is 5.95. The molecule has 0 saturated carbocycles. The molecule has 31 heavy (non-hydrogen) atoms. The van der Waals surface area contributed by atoms with E-state index in [4.69, 9.17) is 0 Å². The summed E-state index contributed by atoms with van der Waals surface area (Å²) >= 11 is 1.37. The summed E-state index contributed by atoms with van der Waals surface area (Å²) in [6.07, 6.45) is 0. The maximum absolute atomic E-state index is 12.4. The minimum atomic E-state index is -0.276. The van der Waals surface area contributed by atoms with Crippen LogP contribution >= 0.6 is 11.3 Å². The van der Waals surface area contributed by atoms with Crippen molar-refractivity contribution in [2.45, 2.75) is 20.4 Å². The summed E-state index contributed by atoms with van der Waals surface area (Å²) < 4.78 is 0.886. The summed E-state index contributed by atoms with van der Waals surface area (Å²) in [5.41, 5.74) is 5.19. The van der Waals surface area contributed by atoms with Gasteiger partial charge in [-0.2, -0.15) is 0 Å². The number of carbonyl (C=O) groups is 2. The van der Waals surface area contributed by atoms with E-state index in [1.165, 1.54) is 16.9 Å². The van der Waals surface area contributed by atoms with Gasteiger partial charge in [0.25, 0.3) is 5.91 Å². The third-order valence-electron chi connectivity index (χ3n) is 4.77. The van der Waals surface area contributed by atoms with Gasteiger partial charge in [-0.25, -0.2) is 9.78 Å². The Hall–Kier alpha value is -3.71. The van der Waals surface area contributed by atoms with Crippen LogP contribution in [0.3, 0.4) is 0 Å². The number of carbonyl (C=O) groups excluding carboxylic acids is 2. The van der Waals surface area contributed by atoms with E-state index in [0.717, 1.165) is 21.3 Å². The number of anilines is 2. The average Bonchev–Trinajstić information content (AvgIpc) is 3.17. The van der Waals surface area contributed by atoms with Crippen LogP contribution in [0, 0.1) is 13.8 Å². The van der Waals surface area contributed by atoms with Gasteiger partial charge in [0.05, 0.1) is 10.2 Å². The molecule has 0 aliphatic heterocycles. The summed E-state index contributed by atoms with van der Waals surface area (Å²) in [5.74, 6) is -0.203. The van der Waals surface area contributed by atoms with Crippen LogP contribution in [0.4, 0.5) is 15.6 Å². The summed E-state index contributed by atoms with van der Waals surface area (Å²) in [6, 6.07) is 20.5. The lowest BCUT2D eigenvalue weighted by molar-refractivity contribution is 0.102. The molecular formula is C24H22N4O2S. The number of urea groups is 1. The molecule has 4 aromatic rings. The summed E-state index contributed by atoms with van der Waals surface area (Å²) in [5, 5.41) is 9.11. The van der Waals surface area contributed by atoms with Gasteiger partial charge in [-0.3, -0.25) is 10.1 Å². The van der Waals surface area contributed by atoms with Crippen molar-refractivity contribution in [1.29, 1.82) is 0 Å². The monoisotopic (exact) mass is 430 g/mol. The van der Waals surface area contributed by atoms with Crippen LogP contribution in [0.2, 0.25) is 0 Å². The number of thiazole rings is 1. The first kappa shape index (κ1) is 20.6. The SMILES string of the molecule is Cc1ccc(CNC(=O)Nc2cc(C)c3nc(NC(=O)c4ccccc4)sc3c2)cc1. The molecule has 3 aromatic carbocycles.